The average Bonchev–Trinajstić information content (AvgIpc) is 2.89. The van der Waals surface area contributed by atoms with Crippen LogP contribution in [0.25, 0.3) is 0 Å². The lowest BCUT2D eigenvalue weighted by molar-refractivity contribution is -0.130. The van der Waals surface area contributed by atoms with Crippen LogP contribution in [0.15, 0.2) is 29.3 Å². The lowest BCUT2D eigenvalue weighted by Crippen LogP contribution is -2.43. The summed E-state index contributed by atoms with van der Waals surface area (Å²) in [7, 11) is 0. The first-order chi connectivity index (χ1) is 13.4. The van der Waals surface area contributed by atoms with Gasteiger partial charge in [0.2, 0.25) is 0 Å². The molecule has 1 atom stereocenters. The molecule has 0 spiro atoms. The maximum Gasteiger partial charge on any atom is 0.325 e. The number of nitrogens with one attached hydrogen (secondary N) is 3. The second kappa shape index (κ2) is 12.2. The molecule has 1 aromatic carbocycles. The highest BCUT2D eigenvalue weighted by molar-refractivity contribution is 14.0. The normalized spacial score (nSPS) is 19.0. The molecule has 1 heterocycles. The van der Waals surface area contributed by atoms with Crippen molar-refractivity contribution in [1.82, 2.24) is 20.9 Å². The van der Waals surface area contributed by atoms with Gasteiger partial charge in [0, 0.05) is 31.2 Å². The third-order valence-electron chi connectivity index (χ3n) is 4.85. The van der Waals surface area contributed by atoms with Gasteiger partial charge in [0.25, 0.3) is 5.91 Å². The molecule has 3 N–H and O–H groups in total. The van der Waals surface area contributed by atoms with Crippen molar-refractivity contribution < 1.29 is 9.59 Å². The fraction of sp³-hybridized carbons (Fsp3) is 0.550. The summed E-state index contributed by atoms with van der Waals surface area (Å²) in [4.78, 5) is 30.2. The SMILES string of the molecule is CCNC(=NCCCN1C(=O)NC(C)(CC)C1=O)NCCc1ccccc1Cl.I. The lowest BCUT2D eigenvalue weighted by atomic mass is 9.99. The van der Waals surface area contributed by atoms with E-state index in [-0.39, 0.29) is 35.9 Å². The maximum absolute atomic E-state index is 12.4. The first-order valence-corrected chi connectivity index (χ1v) is 10.2. The van der Waals surface area contributed by atoms with E-state index in [9.17, 15) is 9.59 Å². The molecule has 162 valence electrons. The largest absolute Gasteiger partial charge is 0.357 e. The van der Waals surface area contributed by atoms with Gasteiger partial charge in [-0.15, -0.1) is 24.0 Å². The minimum atomic E-state index is -0.782. The van der Waals surface area contributed by atoms with Gasteiger partial charge >= 0.3 is 6.03 Å². The van der Waals surface area contributed by atoms with Gasteiger partial charge in [0.15, 0.2) is 5.96 Å². The summed E-state index contributed by atoms with van der Waals surface area (Å²) in [6, 6.07) is 7.47. The van der Waals surface area contributed by atoms with E-state index < -0.39 is 5.54 Å². The van der Waals surface area contributed by atoms with Crippen LogP contribution in [-0.4, -0.2) is 54.5 Å². The molecular formula is C20H31ClIN5O2. The standard InChI is InChI=1S/C20H30ClN5O2.HI/c1-4-20(3)17(27)26(19(28)25-20)14-8-12-23-18(22-5-2)24-13-11-15-9-6-7-10-16(15)21;/h6-7,9-10H,4-5,8,11-14H2,1-3H3,(H,25,28)(H2,22,23,24);1H. The molecule has 1 aliphatic heterocycles. The van der Waals surface area contributed by atoms with Crippen LogP contribution >= 0.6 is 35.6 Å². The Morgan fingerprint density at radius 3 is 2.59 bits per heavy atom. The van der Waals surface area contributed by atoms with E-state index in [0.717, 1.165) is 23.6 Å². The van der Waals surface area contributed by atoms with Crippen molar-refractivity contribution in [3.63, 3.8) is 0 Å². The van der Waals surface area contributed by atoms with E-state index in [2.05, 4.69) is 20.9 Å². The second-order valence-corrected chi connectivity index (χ2v) is 7.36. The van der Waals surface area contributed by atoms with E-state index in [1.165, 1.54) is 4.90 Å². The molecule has 1 saturated heterocycles. The number of halogens is 2. The average molecular weight is 536 g/mol. The van der Waals surface area contributed by atoms with Crippen molar-refractivity contribution in [2.24, 2.45) is 4.99 Å². The Morgan fingerprint density at radius 2 is 1.97 bits per heavy atom. The van der Waals surface area contributed by atoms with Crippen LogP contribution in [0.3, 0.4) is 0 Å². The molecule has 1 unspecified atom stereocenters. The number of hydrogen-bond donors (Lipinski definition) is 3. The third kappa shape index (κ3) is 7.02. The number of urea groups is 1. The zero-order valence-electron chi connectivity index (χ0n) is 17.3. The summed E-state index contributed by atoms with van der Waals surface area (Å²) in [6.07, 6.45) is 1.98. The number of rotatable bonds is 9. The third-order valence-corrected chi connectivity index (χ3v) is 5.22. The van der Waals surface area contributed by atoms with Crippen molar-refractivity contribution in [3.05, 3.63) is 34.9 Å². The number of nitrogens with zero attached hydrogens (tertiary/aromatic N) is 2. The number of hydrogen-bond acceptors (Lipinski definition) is 3. The Balaban J connectivity index is 0.00000420. The smallest absolute Gasteiger partial charge is 0.325 e. The summed E-state index contributed by atoms with van der Waals surface area (Å²) in [5, 5.41) is 10.0. The molecule has 3 amide bonds. The molecule has 2 rings (SSSR count). The Bertz CT molecular complexity index is 731. The molecule has 0 saturated carbocycles. The first-order valence-electron chi connectivity index (χ1n) is 9.81. The van der Waals surface area contributed by atoms with Gasteiger partial charge in [-0.05, 0) is 44.7 Å². The first kappa shape index (κ1) is 25.5. The van der Waals surface area contributed by atoms with Gasteiger partial charge in [0.1, 0.15) is 5.54 Å². The van der Waals surface area contributed by atoms with Gasteiger partial charge in [-0.1, -0.05) is 36.7 Å². The summed E-state index contributed by atoms with van der Waals surface area (Å²) in [5.74, 6) is 0.555. The Labute approximate surface area is 195 Å². The molecule has 1 aliphatic rings. The van der Waals surface area contributed by atoms with Gasteiger partial charge in [-0.3, -0.25) is 14.7 Å². The Morgan fingerprint density at radius 1 is 1.24 bits per heavy atom. The number of carbonyl (C=O) groups excluding carboxylic acids is 2. The summed E-state index contributed by atoms with van der Waals surface area (Å²) in [6.45, 7) is 7.99. The summed E-state index contributed by atoms with van der Waals surface area (Å²) < 4.78 is 0. The number of imide groups is 1. The molecule has 29 heavy (non-hydrogen) atoms. The second-order valence-electron chi connectivity index (χ2n) is 6.96. The fourth-order valence-corrected chi connectivity index (χ4v) is 3.20. The number of benzene rings is 1. The molecular weight excluding hydrogens is 505 g/mol. The van der Waals surface area contributed by atoms with E-state index in [4.69, 9.17) is 11.6 Å². The quantitative estimate of drug-likeness (QED) is 0.149. The van der Waals surface area contributed by atoms with Crippen LogP contribution in [-0.2, 0) is 11.2 Å². The van der Waals surface area contributed by atoms with Crippen molar-refractivity contribution in [2.75, 3.05) is 26.2 Å². The number of amides is 3. The molecule has 0 aliphatic carbocycles. The van der Waals surface area contributed by atoms with Crippen LogP contribution < -0.4 is 16.0 Å². The maximum atomic E-state index is 12.4. The van der Waals surface area contributed by atoms with Crippen LogP contribution in [0.2, 0.25) is 5.02 Å². The minimum Gasteiger partial charge on any atom is -0.357 e. The molecule has 0 bridgehead atoms. The lowest BCUT2D eigenvalue weighted by Gasteiger charge is -2.19. The summed E-state index contributed by atoms with van der Waals surface area (Å²) in [5.41, 5.74) is 0.306. The van der Waals surface area contributed by atoms with Crippen LogP contribution in [0, 0.1) is 0 Å². The van der Waals surface area contributed by atoms with E-state index >= 15 is 0 Å². The van der Waals surface area contributed by atoms with E-state index in [1.807, 2.05) is 38.1 Å². The van der Waals surface area contributed by atoms with Crippen LogP contribution in [0.1, 0.15) is 39.2 Å². The fourth-order valence-electron chi connectivity index (χ4n) is 2.97. The van der Waals surface area contributed by atoms with E-state index in [1.54, 1.807) is 6.92 Å². The highest BCUT2D eigenvalue weighted by Crippen LogP contribution is 2.20. The van der Waals surface area contributed by atoms with Gasteiger partial charge < -0.3 is 16.0 Å². The number of carbonyl (C=O) groups is 2. The van der Waals surface area contributed by atoms with Crippen molar-refractivity contribution in [2.45, 2.75) is 45.6 Å². The zero-order chi connectivity index (χ0) is 20.6. The van der Waals surface area contributed by atoms with Crippen LogP contribution in [0.4, 0.5) is 4.79 Å². The minimum absolute atomic E-state index is 0. The molecule has 9 heteroatoms. The number of guanidine groups is 1. The Kier molecular flexibility index (Phi) is 10.7. The topological polar surface area (TPSA) is 85.8 Å². The molecule has 0 aromatic heterocycles. The van der Waals surface area contributed by atoms with Crippen molar-refractivity contribution in [1.29, 1.82) is 0 Å². The van der Waals surface area contributed by atoms with Gasteiger partial charge in [0.05, 0.1) is 0 Å². The zero-order valence-corrected chi connectivity index (χ0v) is 20.3. The van der Waals surface area contributed by atoms with Crippen molar-refractivity contribution in [3.8, 4) is 0 Å². The van der Waals surface area contributed by atoms with Gasteiger partial charge in [-0.2, -0.15) is 0 Å². The molecule has 1 aromatic rings. The molecule has 7 nitrogen and oxygen atoms in total. The molecule has 1 fully saturated rings. The predicted molar refractivity (Wildman–Crippen MR) is 128 cm³/mol. The van der Waals surface area contributed by atoms with Gasteiger partial charge in [-0.25, -0.2) is 4.79 Å². The summed E-state index contributed by atoms with van der Waals surface area (Å²) >= 11 is 6.18. The molecule has 0 radical (unpaired) electrons. The highest BCUT2D eigenvalue weighted by atomic mass is 127. The number of aliphatic imine (C=N–C) groups is 1. The van der Waals surface area contributed by atoms with Crippen molar-refractivity contribution >= 4 is 53.5 Å². The van der Waals surface area contributed by atoms with E-state index in [0.29, 0.717) is 38.4 Å². The monoisotopic (exact) mass is 535 g/mol. The Hall–Kier alpha value is -1.55. The highest BCUT2D eigenvalue weighted by Gasteiger charge is 2.45. The predicted octanol–water partition coefficient (Wildman–Crippen LogP) is 3.17. The van der Waals surface area contributed by atoms with Crippen LogP contribution in [0.5, 0.6) is 0 Å².